The number of esters is 1. The monoisotopic (exact) mass is 438 g/mol. The van der Waals surface area contributed by atoms with E-state index in [4.69, 9.17) is 4.98 Å². The molecular weight excluding hydrogens is 416 g/mol. The SMILES string of the molecule is COC(=O)CC1C(=O)NCCN1C(=O)CSc1nc2ccccc2n1-c1ccccc1. The number of methoxy groups -OCH3 is 1. The minimum Gasteiger partial charge on any atom is -0.469 e. The highest BCUT2D eigenvalue weighted by atomic mass is 32.2. The lowest BCUT2D eigenvalue weighted by atomic mass is 10.1. The number of nitrogens with one attached hydrogen (secondary N) is 1. The van der Waals surface area contributed by atoms with E-state index in [-0.39, 0.29) is 24.0 Å². The molecule has 2 amide bonds. The van der Waals surface area contributed by atoms with Crippen molar-refractivity contribution in [3.05, 3.63) is 54.6 Å². The molecule has 0 bridgehead atoms. The van der Waals surface area contributed by atoms with Crippen LogP contribution in [0.3, 0.4) is 0 Å². The summed E-state index contributed by atoms with van der Waals surface area (Å²) in [5.41, 5.74) is 2.74. The number of rotatable bonds is 6. The van der Waals surface area contributed by atoms with Gasteiger partial charge in [0, 0.05) is 18.8 Å². The van der Waals surface area contributed by atoms with Crippen LogP contribution in [0.25, 0.3) is 16.7 Å². The fourth-order valence-corrected chi connectivity index (χ4v) is 4.51. The van der Waals surface area contributed by atoms with Gasteiger partial charge in [-0.05, 0) is 24.3 Å². The molecule has 2 heterocycles. The number of imidazole rings is 1. The molecule has 1 aliphatic rings. The van der Waals surface area contributed by atoms with Crippen LogP contribution in [0.15, 0.2) is 59.8 Å². The Balaban J connectivity index is 1.57. The third kappa shape index (κ3) is 4.41. The number of nitrogens with zero attached hydrogens (tertiary/aromatic N) is 3. The van der Waals surface area contributed by atoms with Gasteiger partial charge in [-0.3, -0.25) is 19.0 Å². The Morgan fingerprint density at radius 1 is 1.16 bits per heavy atom. The molecule has 1 fully saturated rings. The van der Waals surface area contributed by atoms with Crippen molar-refractivity contribution >= 4 is 40.6 Å². The Labute approximate surface area is 183 Å². The van der Waals surface area contributed by atoms with E-state index < -0.39 is 12.0 Å². The van der Waals surface area contributed by atoms with E-state index in [9.17, 15) is 14.4 Å². The molecule has 1 unspecified atom stereocenters. The number of fused-ring (bicyclic) bond motifs is 1. The van der Waals surface area contributed by atoms with Crippen molar-refractivity contribution in [3.63, 3.8) is 0 Å². The number of hydrogen-bond donors (Lipinski definition) is 1. The lowest BCUT2D eigenvalue weighted by Crippen LogP contribution is -2.58. The number of piperazine rings is 1. The minimum absolute atomic E-state index is 0.0983. The summed E-state index contributed by atoms with van der Waals surface area (Å²) < 4.78 is 6.70. The standard InChI is InChI=1S/C22H22N4O4S/c1-30-20(28)13-18-21(29)23-11-12-25(18)19(27)14-31-22-24-16-9-5-6-10-17(16)26(22)15-7-3-2-4-8-15/h2-10,18H,11-14H2,1H3,(H,23,29). The van der Waals surface area contributed by atoms with Crippen LogP contribution in [0.4, 0.5) is 0 Å². The Hall–Kier alpha value is -3.33. The Morgan fingerprint density at radius 3 is 2.68 bits per heavy atom. The summed E-state index contributed by atoms with van der Waals surface area (Å²) in [7, 11) is 1.26. The van der Waals surface area contributed by atoms with Crippen LogP contribution in [0.1, 0.15) is 6.42 Å². The highest BCUT2D eigenvalue weighted by Crippen LogP contribution is 2.28. The van der Waals surface area contributed by atoms with E-state index >= 15 is 0 Å². The molecule has 0 saturated carbocycles. The van der Waals surface area contributed by atoms with Gasteiger partial charge < -0.3 is 15.0 Å². The van der Waals surface area contributed by atoms with Gasteiger partial charge in [0.25, 0.3) is 0 Å². The Kier molecular flexibility index (Phi) is 6.22. The topological polar surface area (TPSA) is 93.5 Å². The summed E-state index contributed by atoms with van der Waals surface area (Å²) in [6.07, 6.45) is -0.165. The summed E-state index contributed by atoms with van der Waals surface area (Å²) in [6.45, 7) is 0.706. The third-order valence-corrected chi connectivity index (χ3v) is 6.03. The van der Waals surface area contributed by atoms with E-state index in [2.05, 4.69) is 10.1 Å². The number of carbonyl (C=O) groups is 3. The van der Waals surface area contributed by atoms with Crippen molar-refractivity contribution in [2.75, 3.05) is 26.0 Å². The number of benzene rings is 2. The summed E-state index contributed by atoms with van der Waals surface area (Å²) in [5.74, 6) is -0.994. The fourth-order valence-electron chi connectivity index (χ4n) is 3.59. The maximum absolute atomic E-state index is 13.0. The van der Waals surface area contributed by atoms with Gasteiger partial charge in [-0.2, -0.15) is 0 Å². The summed E-state index contributed by atoms with van der Waals surface area (Å²) in [6, 6.07) is 16.8. The number of thioether (sulfide) groups is 1. The van der Waals surface area contributed by atoms with Crippen LogP contribution in [0.2, 0.25) is 0 Å². The zero-order valence-electron chi connectivity index (χ0n) is 17.0. The molecule has 4 rings (SSSR count). The second-order valence-electron chi connectivity index (χ2n) is 7.02. The normalized spacial score (nSPS) is 16.2. The van der Waals surface area contributed by atoms with Crippen LogP contribution >= 0.6 is 11.8 Å². The zero-order valence-corrected chi connectivity index (χ0v) is 17.8. The number of carbonyl (C=O) groups excluding carboxylic acids is 3. The second-order valence-corrected chi connectivity index (χ2v) is 7.96. The average molecular weight is 439 g/mol. The maximum atomic E-state index is 13.0. The van der Waals surface area contributed by atoms with Gasteiger partial charge >= 0.3 is 5.97 Å². The number of ether oxygens (including phenoxy) is 1. The Bertz CT molecular complexity index is 1120. The predicted octanol–water partition coefficient (Wildman–Crippen LogP) is 2.01. The molecule has 1 aliphatic heterocycles. The molecule has 1 aromatic heterocycles. The van der Waals surface area contributed by atoms with Gasteiger partial charge in [0.2, 0.25) is 11.8 Å². The molecule has 3 aromatic rings. The predicted molar refractivity (Wildman–Crippen MR) is 117 cm³/mol. The molecule has 1 N–H and O–H groups in total. The lowest BCUT2D eigenvalue weighted by Gasteiger charge is -2.34. The molecule has 0 spiro atoms. The molecule has 0 radical (unpaired) electrons. The molecule has 8 nitrogen and oxygen atoms in total. The number of amides is 2. The first-order valence-corrected chi connectivity index (χ1v) is 10.9. The van der Waals surface area contributed by atoms with Gasteiger partial charge in [0.1, 0.15) is 6.04 Å². The van der Waals surface area contributed by atoms with E-state index in [1.165, 1.54) is 23.8 Å². The van der Waals surface area contributed by atoms with Crippen molar-refractivity contribution in [2.24, 2.45) is 0 Å². The average Bonchev–Trinajstić information content (AvgIpc) is 3.17. The van der Waals surface area contributed by atoms with Gasteiger partial charge in [-0.25, -0.2) is 4.98 Å². The highest BCUT2D eigenvalue weighted by Gasteiger charge is 2.35. The van der Waals surface area contributed by atoms with Crippen LogP contribution in [-0.4, -0.2) is 64.2 Å². The van der Waals surface area contributed by atoms with Gasteiger partial charge in [-0.1, -0.05) is 42.1 Å². The maximum Gasteiger partial charge on any atom is 0.308 e. The summed E-state index contributed by atoms with van der Waals surface area (Å²) in [4.78, 5) is 43.1. The van der Waals surface area contributed by atoms with E-state index in [0.29, 0.717) is 18.2 Å². The first kappa shape index (κ1) is 20.9. The molecule has 1 atom stereocenters. The molecule has 160 valence electrons. The largest absolute Gasteiger partial charge is 0.469 e. The van der Waals surface area contributed by atoms with Gasteiger partial charge in [-0.15, -0.1) is 0 Å². The first-order valence-electron chi connectivity index (χ1n) is 9.88. The number of aromatic nitrogens is 2. The smallest absolute Gasteiger partial charge is 0.308 e. The van der Waals surface area contributed by atoms with E-state index in [1.807, 2.05) is 59.2 Å². The molecule has 9 heteroatoms. The van der Waals surface area contributed by atoms with Crippen molar-refractivity contribution in [1.29, 1.82) is 0 Å². The highest BCUT2D eigenvalue weighted by molar-refractivity contribution is 7.99. The summed E-state index contributed by atoms with van der Waals surface area (Å²) in [5, 5.41) is 3.39. The quantitative estimate of drug-likeness (QED) is 0.467. The van der Waals surface area contributed by atoms with Crippen molar-refractivity contribution in [2.45, 2.75) is 17.6 Å². The van der Waals surface area contributed by atoms with Crippen molar-refractivity contribution in [1.82, 2.24) is 19.8 Å². The zero-order chi connectivity index (χ0) is 21.8. The van der Waals surface area contributed by atoms with E-state index in [0.717, 1.165) is 16.7 Å². The molecular formula is C22H22N4O4S. The summed E-state index contributed by atoms with van der Waals surface area (Å²) >= 11 is 1.31. The number of hydrogen-bond acceptors (Lipinski definition) is 6. The van der Waals surface area contributed by atoms with Crippen LogP contribution in [-0.2, 0) is 19.1 Å². The molecule has 0 aliphatic carbocycles. The van der Waals surface area contributed by atoms with Crippen LogP contribution in [0, 0.1) is 0 Å². The van der Waals surface area contributed by atoms with Gasteiger partial charge in [0.05, 0.1) is 30.3 Å². The fraction of sp³-hybridized carbons (Fsp3) is 0.273. The first-order chi connectivity index (χ1) is 15.1. The third-order valence-electron chi connectivity index (χ3n) is 5.11. The molecule has 31 heavy (non-hydrogen) atoms. The Morgan fingerprint density at radius 2 is 1.90 bits per heavy atom. The van der Waals surface area contributed by atoms with Crippen molar-refractivity contribution in [3.8, 4) is 5.69 Å². The van der Waals surface area contributed by atoms with Crippen molar-refractivity contribution < 1.29 is 19.1 Å². The molecule has 2 aromatic carbocycles. The minimum atomic E-state index is -0.859. The van der Waals surface area contributed by atoms with Gasteiger partial charge in [0.15, 0.2) is 5.16 Å². The second kappa shape index (κ2) is 9.22. The van der Waals surface area contributed by atoms with Crippen LogP contribution < -0.4 is 5.32 Å². The molecule has 1 saturated heterocycles. The van der Waals surface area contributed by atoms with E-state index in [1.54, 1.807) is 0 Å². The van der Waals surface area contributed by atoms with Crippen LogP contribution in [0.5, 0.6) is 0 Å². The lowest BCUT2D eigenvalue weighted by molar-refractivity contribution is -0.149. The number of para-hydroxylation sites is 3.